The number of benzene rings is 1. The molecule has 1 N–H and O–H groups in total. The Morgan fingerprint density at radius 1 is 1.17 bits per heavy atom. The normalized spacial score (nSPS) is 24.3. The maximum absolute atomic E-state index is 12.2. The minimum absolute atomic E-state index is 0.0292. The first-order chi connectivity index (χ1) is 8.52. The van der Waals surface area contributed by atoms with Crippen molar-refractivity contribution < 1.29 is 9.59 Å². The number of hydrogen-bond donors (Lipinski definition) is 1. The molecule has 0 radical (unpaired) electrons. The molecule has 0 aliphatic carbocycles. The van der Waals surface area contributed by atoms with E-state index < -0.39 is 12.1 Å². The van der Waals surface area contributed by atoms with Crippen LogP contribution in [-0.4, -0.2) is 29.8 Å². The Morgan fingerprint density at radius 2 is 1.78 bits per heavy atom. The predicted octanol–water partition coefficient (Wildman–Crippen LogP) is 1.34. The molecule has 0 aromatic heterocycles. The maximum atomic E-state index is 12.2. The van der Waals surface area contributed by atoms with Gasteiger partial charge in [-0.25, -0.2) is 0 Å². The number of carbonyl (C=O) groups excluding carboxylic acids is 2. The summed E-state index contributed by atoms with van der Waals surface area (Å²) in [5, 5.41) is 2.81. The molecule has 2 atom stereocenters. The second kappa shape index (κ2) is 4.80. The molecule has 0 spiro atoms. The molecule has 0 saturated carbocycles. The topological polar surface area (TPSA) is 49.4 Å². The minimum Gasteiger partial charge on any atom is -0.342 e. The third-order valence-electron chi connectivity index (χ3n) is 3.33. The third kappa shape index (κ3) is 2.10. The average molecular weight is 246 g/mol. The van der Waals surface area contributed by atoms with Gasteiger partial charge in [0.25, 0.3) is 0 Å². The first-order valence-corrected chi connectivity index (χ1v) is 6.14. The van der Waals surface area contributed by atoms with Crippen LogP contribution in [0.5, 0.6) is 0 Å². The van der Waals surface area contributed by atoms with Crippen LogP contribution in [0.3, 0.4) is 0 Å². The van der Waals surface area contributed by atoms with Crippen LogP contribution >= 0.6 is 0 Å². The number of rotatable bonds is 2. The Balaban J connectivity index is 2.30. The van der Waals surface area contributed by atoms with Crippen LogP contribution in [0.15, 0.2) is 30.3 Å². The zero-order chi connectivity index (χ0) is 13.3. The SMILES string of the molecule is CC(C)C1NC(=O)C(c2ccccc2)N(C)C1=O. The average Bonchev–Trinajstić information content (AvgIpc) is 2.35. The monoisotopic (exact) mass is 246 g/mol. The number of nitrogens with one attached hydrogen (secondary N) is 1. The molecule has 1 aliphatic rings. The largest absolute Gasteiger partial charge is 0.342 e. The van der Waals surface area contributed by atoms with Crippen molar-refractivity contribution in [2.24, 2.45) is 5.92 Å². The van der Waals surface area contributed by atoms with Gasteiger partial charge in [-0.15, -0.1) is 0 Å². The van der Waals surface area contributed by atoms with E-state index in [0.717, 1.165) is 5.56 Å². The number of carbonyl (C=O) groups is 2. The van der Waals surface area contributed by atoms with Crippen LogP contribution in [0.2, 0.25) is 0 Å². The van der Waals surface area contributed by atoms with Gasteiger partial charge in [0.05, 0.1) is 0 Å². The molecule has 2 unspecified atom stereocenters. The number of hydrogen-bond acceptors (Lipinski definition) is 2. The Kier molecular flexibility index (Phi) is 3.36. The first-order valence-electron chi connectivity index (χ1n) is 6.14. The van der Waals surface area contributed by atoms with Crippen molar-refractivity contribution in [1.82, 2.24) is 10.2 Å². The summed E-state index contributed by atoms with van der Waals surface area (Å²) in [6.45, 7) is 3.86. The summed E-state index contributed by atoms with van der Waals surface area (Å²) in [5.74, 6) is -0.0407. The highest BCUT2D eigenvalue weighted by molar-refractivity contribution is 5.97. The van der Waals surface area contributed by atoms with Gasteiger partial charge in [0.1, 0.15) is 12.1 Å². The molecular formula is C14H18N2O2. The van der Waals surface area contributed by atoms with Crippen molar-refractivity contribution in [3.63, 3.8) is 0 Å². The fourth-order valence-corrected chi connectivity index (χ4v) is 2.28. The second-order valence-corrected chi connectivity index (χ2v) is 4.99. The van der Waals surface area contributed by atoms with Gasteiger partial charge >= 0.3 is 0 Å². The fraction of sp³-hybridized carbons (Fsp3) is 0.429. The van der Waals surface area contributed by atoms with Crippen LogP contribution in [0, 0.1) is 5.92 Å². The summed E-state index contributed by atoms with van der Waals surface area (Å²) in [6.07, 6.45) is 0. The minimum atomic E-state index is -0.520. The number of likely N-dealkylation sites (N-methyl/N-ethyl adjacent to an activating group) is 1. The molecular weight excluding hydrogens is 228 g/mol. The molecule has 4 heteroatoms. The molecule has 1 fully saturated rings. The summed E-state index contributed by atoms with van der Waals surface area (Å²) in [5.41, 5.74) is 0.841. The van der Waals surface area contributed by atoms with Gasteiger partial charge in [0.2, 0.25) is 11.8 Å². The highest BCUT2D eigenvalue weighted by Crippen LogP contribution is 2.25. The van der Waals surface area contributed by atoms with Gasteiger partial charge in [-0.3, -0.25) is 9.59 Å². The van der Waals surface area contributed by atoms with E-state index in [0.29, 0.717) is 0 Å². The van der Waals surface area contributed by atoms with Gasteiger partial charge < -0.3 is 10.2 Å². The number of nitrogens with zero attached hydrogens (tertiary/aromatic N) is 1. The van der Waals surface area contributed by atoms with E-state index in [-0.39, 0.29) is 17.7 Å². The molecule has 1 heterocycles. The Bertz CT molecular complexity index is 456. The van der Waals surface area contributed by atoms with E-state index in [1.807, 2.05) is 44.2 Å². The van der Waals surface area contributed by atoms with E-state index in [9.17, 15) is 9.59 Å². The lowest BCUT2D eigenvalue weighted by Gasteiger charge is -2.38. The molecule has 1 aromatic carbocycles. The van der Waals surface area contributed by atoms with Crippen molar-refractivity contribution in [1.29, 1.82) is 0 Å². The Hall–Kier alpha value is -1.84. The zero-order valence-electron chi connectivity index (χ0n) is 10.9. The zero-order valence-corrected chi connectivity index (χ0v) is 10.9. The summed E-state index contributed by atoms with van der Waals surface area (Å²) >= 11 is 0. The maximum Gasteiger partial charge on any atom is 0.248 e. The lowest BCUT2D eigenvalue weighted by atomic mass is 9.95. The van der Waals surface area contributed by atoms with E-state index >= 15 is 0 Å². The summed E-state index contributed by atoms with van der Waals surface area (Å²) in [4.78, 5) is 25.9. The third-order valence-corrected chi connectivity index (χ3v) is 3.33. The fourth-order valence-electron chi connectivity index (χ4n) is 2.28. The van der Waals surface area contributed by atoms with E-state index in [1.54, 1.807) is 11.9 Å². The van der Waals surface area contributed by atoms with Gasteiger partial charge in [0.15, 0.2) is 0 Å². The molecule has 0 bridgehead atoms. The Labute approximate surface area is 107 Å². The number of amides is 2. The van der Waals surface area contributed by atoms with Gasteiger partial charge in [-0.1, -0.05) is 44.2 Å². The lowest BCUT2D eigenvalue weighted by Crippen LogP contribution is -2.59. The number of piperazine rings is 1. The van der Waals surface area contributed by atoms with Crippen LogP contribution in [-0.2, 0) is 9.59 Å². The van der Waals surface area contributed by atoms with Crippen molar-refractivity contribution in [2.45, 2.75) is 25.9 Å². The molecule has 2 amide bonds. The predicted molar refractivity (Wildman–Crippen MR) is 68.7 cm³/mol. The first kappa shape index (κ1) is 12.6. The summed E-state index contributed by atoms with van der Waals surface area (Å²) in [7, 11) is 1.69. The van der Waals surface area contributed by atoms with Crippen molar-refractivity contribution in [3.8, 4) is 0 Å². The molecule has 96 valence electrons. The van der Waals surface area contributed by atoms with Gasteiger partial charge in [-0.2, -0.15) is 0 Å². The molecule has 18 heavy (non-hydrogen) atoms. The van der Waals surface area contributed by atoms with E-state index in [1.165, 1.54) is 0 Å². The van der Waals surface area contributed by atoms with Crippen LogP contribution in [0.1, 0.15) is 25.5 Å². The second-order valence-electron chi connectivity index (χ2n) is 4.99. The van der Waals surface area contributed by atoms with E-state index in [4.69, 9.17) is 0 Å². The molecule has 1 aromatic rings. The lowest BCUT2D eigenvalue weighted by molar-refractivity contribution is -0.149. The van der Waals surface area contributed by atoms with Crippen molar-refractivity contribution >= 4 is 11.8 Å². The quantitative estimate of drug-likeness (QED) is 0.856. The molecule has 4 nitrogen and oxygen atoms in total. The standard InChI is InChI=1S/C14H18N2O2/c1-9(2)11-14(18)16(3)12(13(17)15-11)10-7-5-4-6-8-10/h4-9,11-12H,1-3H3,(H,15,17). The van der Waals surface area contributed by atoms with Crippen LogP contribution in [0.4, 0.5) is 0 Å². The highest BCUT2D eigenvalue weighted by Gasteiger charge is 2.40. The smallest absolute Gasteiger partial charge is 0.248 e. The van der Waals surface area contributed by atoms with Gasteiger partial charge in [0, 0.05) is 7.05 Å². The molecule has 1 aliphatic heterocycles. The highest BCUT2D eigenvalue weighted by atomic mass is 16.2. The summed E-state index contributed by atoms with van der Waals surface area (Å²) < 4.78 is 0. The Morgan fingerprint density at radius 3 is 2.33 bits per heavy atom. The van der Waals surface area contributed by atoms with Crippen LogP contribution in [0.25, 0.3) is 0 Å². The summed E-state index contributed by atoms with van der Waals surface area (Å²) in [6, 6.07) is 8.43. The molecule has 1 saturated heterocycles. The van der Waals surface area contributed by atoms with Crippen LogP contribution < -0.4 is 5.32 Å². The molecule has 2 rings (SSSR count). The van der Waals surface area contributed by atoms with Gasteiger partial charge in [-0.05, 0) is 11.5 Å². The van der Waals surface area contributed by atoms with E-state index in [2.05, 4.69) is 5.32 Å². The van der Waals surface area contributed by atoms with Crippen molar-refractivity contribution in [3.05, 3.63) is 35.9 Å². The van der Waals surface area contributed by atoms with Crippen molar-refractivity contribution in [2.75, 3.05) is 7.05 Å².